The fraction of sp³-hybridized carbons (Fsp3) is 0. The zero-order chi connectivity index (χ0) is 15.0. The van der Waals surface area contributed by atoms with Gasteiger partial charge < -0.3 is 10.3 Å². The monoisotopic (exact) mass is 322 g/mol. The molecule has 0 aliphatic heterocycles. The fourth-order valence-electron chi connectivity index (χ4n) is 2.06. The summed E-state index contributed by atoms with van der Waals surface area (Å²) in [6, 6.07) is 9.23. The van der Waals surface area contributed by atoms with Gasteiger partial charge in [-0.1, -0.05) is 29.3 Å². The third kappa shape index (κ3) is 2.73. The average molecular weight is 323 g/mol. The molecule has 2 aromatic carbocycles. The van der Waals surface area contributed by atoms with E-state index in [0.29, 0.717) is 16.3 Å². The number of carbonyl (C=O) groups excluding carboxylic acids is 1. The van der Waals surface area contributed by atoms with Crippen LogP contribution in [0.5, 0.6) is 0 Å². The number of carbonyl (C=O) groups is 1. The number of halogens is 3. The Hall–Kier alpha value is -2.04. The zero-order valence-corrected chi connectivity index (χ0v) is 12.1. The molecule has 0 radical (unpaired) electrons. The molecule has 0 aliphatic carbocycles. The quantitative estimate of drug-likeness (QED) is 0.694. The first-order valence-electron chi connectivity index (χ1n) is 6.07. The van der Waals surface area contributed by atoms with E-state index in [1.165, 1.54) is 18.2 Å². The van der Waals surface area contributed by atoms with E-state index in [2.05, 4.69) is 10.3 Å². The van der Waals surface area contributed by atoms with Crippen molar-refractivity contribution in [3.63, 3.8) is 0 Å². The van der Waals surface area contributed by atoms with Crippen molar-refractivity contribution in [2.75, 3.05) is 5.32 Å². The van der Waals surface area contributed by atoms with E-state index in [0.717, 1.165) is 10.9 Å². The van der Waals surface area contributed by atoms with Gasteiger partial charge in [-0.25, -0.2) is 4.39 Å². The molecule has 3 rings (SSSR count). The Bertz CT molecular complexity index is 845. The summed E-state index contributed by atoms with van der Waals surface area (Å²) in [7, 11) is 0. The summed E-state index contributed by atoms with van der Waals surface area (Å²) in [4.78, 5) is 15.3. The number of rotatable bonds is 2. The number of fused-ring (bicyclic) bond motifs is 1. The minimum atomic E-state index is -0.531. The standard InChI is InChI=1S/C15H9Cl2FN2O/c16-8-1-3-10-11(7-19-14(10)5-8)15(21)20-9-2-4-13(18)12(17)6-9/h1-7,19H,(H,20,21). The van der Waals surface area contributed by atoms with Crippen molar-refractivity contribution in [1.29, 1.82) is 0 Å². The van der Waals surface area contributed by atoms with E-state index in [9.17, 15) is 9.18 Å². The summed E-state index contributed by atoms with van der Waals surface area (Å²) >= 11 is 11.6. The van der Waals surface area contributed by atoms with Crippen molar-refractivity contribution in [3.05, 3.63) is 64.0 Å². The lowest BCUT2D eigenvalue weighted by Gasteiger charge is -2.05. The summed E-state index contributed by atoms with van der Waals surface area (Å²) in [5.41, 5.74) is 1.67. The van der Waals surface area contributed by atoms with E-state index < -0.39 is 5.82 Å². The van der Waals surface area contributed by atoms with E-state index in [4.69, 9.17) is 23.2 Å². The minimum Gasteiger partial charge on any atom is -0.360 e. The van der Waals surface area contributed by atoms with Crippen LogP contribution in [0.15, 0.2) is 42.6 Å². The van der Waals surface area contributed by atoms with Gasteiger partial charge in [0, 0.05) is 27.8 Å². The van der Waals surface area contributed by atoms with Crippen LogP contribution in [0, 0.1) is 5.82 Å². The number of anilines is 1. The molecule has 2 N–H and O–H groups in total. The lowest BCUT2D eigenvalue weighted by molar-refractivity contribution is 0.102. The third-order valence-electron chi connectivity index (χ3n) is 3.07. The van der Waals surface area contributed by atoms with Gasteiger partial charge in [-0.3, -0.25) is 4.79 Å². The molecule has 0 aliphatic rings. The molecular weight excluding hydrogens is 314 g/mol. The maximum absolute atomic E-state index is 13.1. The Balaban J connectivity index is 1.91. The van der Waals surface area contributed by atoms with E-state index in [1.54, 1.807) is 24.4 Å². The topological polar surface area (TPSA) is 44.9 Å². The van der Waals surface area contributed by atoms with Crippen molar-refractivity contribution in [2.24, 2.45) is 0 Å². The Labute approximate surface area is 129 Å². The number of hydrogen-bond acceptors (Lipinski definition) is 1. The van der Waals surface area contributed by atoms with Gasteiger partial charge in [0.15, 0.2) is 0 Å². The number of nitrogens with one attached hydrogen (secondary N) is 2. The van der Waals surface area contributed by atoms with Gasteiger partial charge in [-0.15, -0.1) is 0 Å². The highest BCUT2D eigenvalue weighted by molar-refractivity contribution is 6.31. The van der Waals surface area contributed by atoms with Crippen LogP contribution in [0.25, 0.3) is 10.9 Å². The number of aromatic nitrogens is 1. The van der Waals surface area contributed by atoms with Crippen molar-refractivity contribution in [3.8, 4) is 0 Å². The molecule has 0 fully saturated rings. The van der Waals surface area contributed by atoms with Crippen LogP contribution in [-0.4, -0.2) is 10.9 Å². The summed E-state index contributed by atoms with van der Waals surface area (Å²) < 4.78 is 13.1. The maximum Gasteiger partial charge on any atom is 0.257 e. The number of H-pyrrole nitrogens is 1. The summed E-state index contributed by atoms with van der Waals surface area (Å²) in [6.07, 6.45) is 1.60. The van der Waals surface area contributed by atoms with Crippen molar-refractivity contribution < 1.29 is 9.18 Å². The predicted octanol–water partition coefficient (Wildman–Crippen LogP) is 4.87. The first-order valence-corrected chi connectivity index (χ1v) is 6.83. The molecule has 0 atom stereocenters. The predicted molar refractivity (Wildman–Crippen MR) is 82.7 cm³/mol. The smallest absolute Gasteiger partial charge is 0.257 e. The highest BCUT2D eigenvalue weighted by atomic mass is 35.5. The van der Waals surface area contributed by atoms with E-state index in [1.807, 2.05) is 0 Å². The number of benzene rings is 2. The van der Waals surface area contributed by atoms with Gasteiger partial charge in [0.25, 0.3) is 5.91 Å². The van der Waals surface area contributed by atoms with Crippen LogP contribution in [0.1, 0.15) is 10.4 Å². The third-order valence-corrected chi connectivity index (χ3v) is 3.59. The normalized spacial score (nSPS) is 10.8. The van der Waals surface area contributed by atoms with Gasteiger partial charge in [0.05, 0.1) is 10.6 Å². The second-order valence-corrected chi connectivity index (χ2v) is 5.32. The van der Waals surface area contributed by atoms with Gasteiger partial charge in [-0.2, -0.15) is 0 Å². The molecule has 3 aromatic rings. The molecule has 21 heavy (non-hydrogen) atoms. The highest BCUT2D eigenvalue weighted by Gasteiger charge is 2.13. The maximum atomic E-state index is 13.1. The lowest BCUT2D eigenvalue weighted by Crippen LogP contribution is -2.11. The summed E-state index contributed by atoms with van der Waals surface area (Å²) in [5, 5.41) is 3.97. The van der Waals surface area contributed by atoms with Crippen LogP contribution in [-0.2, 0) is 0 Å². The van der Waals surface area contributed by atoms with Crippen LogP contribution < -0.4 is 5.32 Å². The zero-order valence-electron chi connectivity index (χ0n) is 10.6. The van der Waals surface area contributed by atoms with E-state index in [-0.39, 0.29) is 10.9 Å². The molecular formula is C15H9Cl2FN2O. The first kappa shape index (κ1) is 13.9. The molecule has 1 heterocycles. The fourth-order valence-corrected chi connectivity index (χ4v) is 2.41. The number of aromatic amines is 1. The molecule has 1 amide bonds. The molecule has 1 aromatic heterocycles. The number of hydrogen-bond donors (Lipinski definition) is 2. The van der Waals surface area contributed by atoms with Gasteiger partial charge in [-0.05, 0) is 30.3 Å². The second kappa shape index (κ2) is 5.39. The van der Waals surface area contributed by atoms with E-state index >= 15 is 0 Å². The van der Waals surface area contributed by atoms with Crippen molar-refractivity contribution in [1.82, 2.24) is 4.98 Å². The second-order valence-electron chi connectivity index (χ2n) is 4.48. The molecule has 0 saturated carbocycles. The van der Waals surface area contributed by atoms with Gasteiger partial charge in [0.2, 0.25) is 0 Å². The molecule has 0 bridgehead atoms. The SMILES string of the molecule is O=C(Nc1ccc(F)c(Cl)c1)c1c[nH]c2cc(Cl)ccc12. The molecule has 0 spiro atoms. The molecule has 106 valence electrons. The Morgan fingerprint density at radius 2 is 1.95 bits per heavy atom. The van der Waals surface area contributed by atoms with Crippen LogP contribution in [0.4, 0.5) is 10.1 Å². The molecule has 3 nitrogen and oxygen atoms in total. The highest BCUT2D eigenvalue weighted by Crippen LogP contribution is 2.24. The molecule has 6 heteroatoms. The van der Waals surface area contributed by atoms with Crippen molar-refractivity contribution in [2.45, 2.75) is 0 Å². The Morgan fingerprint density at radius 3 is 2.71 bits per heavy atom. The van der Waals surface area contributed by atoms with Gasteiger partial charge >= 0.3 is 0 Å². The van der Waals surface area contributed by atoms with Crippen LogP contribution in [0.2, 0.25) is 10.0 Å². The van der Waals surface area contributed by atoms with Gasteiger partial charge in [0.1, 0.15) is 5.82 Å². The Morgan fingerprint density at radius 1 is 1.14 bits per heavy atom. The molecule has 0 unspecified atom stereocenters. The lowest BCUT2D eigenvalue weighted by atomic mass is 10.1. The first-order chi connectivity index (χ1) is 10.0. The number of amides is 1. The minimum absolute atomic E-state index is 0.0430. The largest absolute Gasteiger partial charge is 0.360 e. The Kier molecular flexibility index (Phi) is 3.57. The summed E-state index contributed by atoms with van der Waals surface area (Å²) in [5.74, 6) is -0.845. The summed E-state index contributed by atoms with van der Waals surface area (Å²) in [6.45, 7) is 0. The van der Waals surface area contributed by atoms with Crippen molar-refractivity contribution >= 4 is 45.7 Å². The average Bonchev–Trinajstić information content (AvgIpc) is 2.85. The molecule has 0 saturated heterocycles. The van der Waals surface area contributed by atoms with Crippen LogP contribution >= 0.6 is 23.2 Å². The van der Waals surface area contributed by atoms with Crippen LogP contribution in [0.3, 0.4) is 0 Å².